The summed E-state index contributed by atoms with van der Waals surface area (Å²) in [5.74, 6) is 1.56. The molecule has 1 aromatic rings. The molecule has 0 unspecified atom stereocenters. The second kappa shape index (κ2) is 13.7. The number of hydrogen-bond acceptors (Lipinski definition) is 7. The van der Waals surface area contributed by atoms with Crippen LogP contribution in [0.15, 0.2) is 12.1 Å². The number of methoxy groups -OCH3 is 2. The minimum absolute atomic E-state index is 0.757. The van der Waals surface area contributed by atoms with Gasteiger partial charge in [-0.2, -0.15) is 0 Å². The highest BCUT2D eigenvalue weighted by Gasteiger charge is 2.23. The topological polar surface area (TPSA) is 40.7 Å². The highest BCUT2D eigenvalue weighted by molar-refractivity contribution is 5.76. The fraction of sp³-hybridized carbons (Fsp3) is 0.750. The van der Waals surface area contributed by atoms with Crippen molar-refractivity contribution >= 4 is 11.4 Å². The Morgan fingerprint density at radius 1 is 0.774 bits per heavy atom. The molecule has 1 fully saturated rings. The number of ether oxygens (including phenoxy) is 3. The molecule has 0 radical (unpaired) electrons. The molecular weight excluding hydrogens is 392 g/mol. The molecule has 178 valence electrons. The quantitative estimate of drug-likeness (QED) is 0.444. The number of rotatable bonds is 14. The number of nitrogens with zero attached hydrogens (tertiary/aromatic N) is 4. The molecular formula is C24H44N4O3. The lowest BCUT2D eigenvalue weighted by atomic mass is 10.1. The molecule has 2 rings (SSSR count). The van der Waals surface area contributed by atoms with Gasteiger partial charge in [-0.05, 0) is 26.2 Å². The average Bonchev–Trinajstić information content (AvgIpc) is 2.83. The zero-order valence-corrected chi connectivity index (χ0v) is 20.7. The predicted molar refractivity (Wildman–Crippen MR) is 130 cm³/mol. The van der Waals surface area contributed by atoms with E-state index in [1.165, 1.54) is 11.4 Å². The summed E-state index contributed by atoms with van der Waals surface area (Å²) in [4.78, 5) is 9.92. The molecule has 1 saturated heterocycles. The van der Waals surface area contributed by atoms with Crippen LogP contribution in [0.5, 0.6) is 11.5 Å². The van der Waals surface area contributed by atoms with Crippen molar-refractivity contribution in [1.82, 2.24) is 9.80 Å². The van der Waals surface area contributed by atoms with Crippen molar-refractivity contribution in [3.05, 3.63) is 12.1 Å². The Morgan fingerprint density at radius 2 is 1.26 bits per heavy atom. The van der Waals surface area contributed by atoms with Crippen molar-refractivity contribution in [3.63, 3.8) is 0 Å². The number of anilines is 2. The van der Waals surface area contributed by atoms with E-state index >= 15 is 0 Å². The third-order valence-corrected chi connectivity index (χ3v) is 6.33. The molecule has 7 heteroatoms. The van der Waals surface area contributed by atoms with Gasteiger partial charge in [0.1, 0.15) is 0 Å². The van der Waals surface area contributed by atoms with Gasteiger partial charge in [-0.25, -0.2) is 0 Å². The molecule has 0 atom stereocenters. The van der Waals surface area contributed by atoms with Gasteiger partial charge in [-0.1, -0.05) is 27.7 Å². The molecule has 0 N–H and O–H groups in total. The monoisotopic (exact) mass is 436 g/mol. The first-order valence-corrected chi connectivity index (χ1v) is 11.9. The van der Waals surface area contributed by atoms with Crippen LogP contribution in [0.1, 0.15) is 27.7 Å². The molecule has 0 bridgehead atoms. The molecule has 0 aliphatic carbocycles. The standard InChI is InChI=1S/C24H44N4O3/c1-7-25(8-2)11-13-27(14-12-26(9-3)10-4)21-19-23(29-5)24(30-6)20-22(21)28-15-17-31-18-16-28/h19-20H,7-18H2,1-6H3. The predicted octanol–water partition coefficient (Wildman–Crippen LogP) is 3.03. The van der Waals surface area contributed by atoms with Crippen LogP contribution in [-0.4, -0.2) is 103 Å². The zero-order valence-electron chi connectivity index (χ0n) is 20.7. The van der Waals surface area contributed by atoms with Gasteiger partial charge in [0, 0.05) is 51.4 Å². The molecule has 0 spiro atoms. The van der Waals surface area contributed by atoms with Gasteiger partial charge in [0.15, 0.2) is 11.5 Å². The first kappa shape index (κ1) is 25.6. The summed E-state index contributed by atoms with van der Waals surface area (Å²) in [6.45, 7) is 20.6. The Morgan fingerprint density at radius 3 is 1.71 bits per heavy atom. The Labute approximate surface area is 189 Å². The van der Waals surface area contributed by atoms with Gasteiger partial charge >= 0.3 is 0 Å². The van der Waals surface area contributed by atoms with Gasteiger partial charge < -0.3 is 33.8 Å². The number of likely N-dealkylation sites (N-methyl/N-ethyl adjacent to an activating group) is 2. The van der Waals surface area contributed by atoms with E-state index in [9.17, 15) is 0 Å². The van der Waals surface area contributed by atoms with E-state index in [2.05, 4.69) is 59.4 Å². The van der Waals surface area contributed by atoms with Crippen LogP contribution < -0.4 is 19.3 Å². The Hall–Kier alpha value is -1.70. The third-order valence-electron chi connectivity index (χ3n) is 6.33. The largest absolute Gasteiger partial charge is 0.493 e. The Bertz CT molecular complexity index is 613. The van der Waals surface area contributed by atoms with Crippen LogP contribution in [0.2, 0.25) is 0 Å². The minimum atomic E-state index is 0.757. The molecule has 0 aromatic heterocycles. The number of benzene rings is 1. The molecule has 1 aliphatic heterocycles. The SMILES string of the molecule is CCN(CC)CCN(CCN(CC)CC)c1cc(OC)c(OC)cc1N1CCOCC1. The molecule has 1 aromatic carbocycles. The van der Waals surface area contributed by atoms with Gasteiger partial charge in [0.2, 0.25) is 0 Å². The average molecular weight is 437 g/mol. The first-order valence-electron chi connectivity index (χ1n) is 11.9. The van der Waals surface area contributed by atoms with E-state index in [0.717, 1.165) is 90.2 Å². The van der Waals surface area contributed by atoms with Gasteiger partial charge in [0.25, 0.3) is 0 Å². The summed E-state index contributed by atoms with van der Waals surface area (Å²) in [6.07, 6.45) is 0. The Kier molecular flexibility index (Phi) is 11.3. The summed E-state index contributed by atoms with van der Waals surface area (Å²) in [6, 6.07) is 4.30. The maximum atomic E-state index is 5.69. The van der Waals surface area contributed by atoms with Crippen molar-refractivity contribution in [3.8, 4) is 11.5 Å². The maximum absolute atomic E-state index is 5.69. The second-order valence-corrected chi connectivity index (χ2v) is 7.84. The molecule has 31 heavy (non-hydrogen) atoms. The second-order valence-electron chi connectivity index (χ2n) is 7.84. The molecule has 1 aliphatic rings. The number of hydrogen-bond donors (Lipinski definition) is 0. The highest BCUT2D eigenvalue weighted by atomic mass is 16.5. The minimum Gasteiger partial charge on any atom is -0.493 e. The summed E-state index contributed by atoms with van der Waals surface area (Å²) in [5.41, 5.74) is 2.43. The first-order chi connectivity index (χ1) is 15.1. The highest BCUT2D eigenvalue weighted by Crippen LogP contribution is 2.40. The molecule has 1 heterocycles. The van der Waals surface area contributed by atoms with E-state index in [1.54, 1.807) is 14.2 Å². The van der Waals surface area contributed by atoms with Crippen molar-refractivity contribution in [2.45, 2.75) is 27.7 Å². The van der Waals surface area contributed by atoms with E-state index in [1.807, 2.05) is 0 Å². The Balaban J connectivity index is 2.41. The van der Waals surface area contributed by atoms with Crippen LogP contribution in [0.25, 0.3) is 0 Å². The summed E-state index contributed by atoms with van der Waals surface area (Å²) in [7, 11) is 3.42. The molecule has 7 nitrogen and oxygen atoms in total. The van der Waals surface area contributed by atoms with Gasteiger partial charge in [-0.15, -0.1) is 0 Å². The lowest BCUT2D eigenvalue weighted by Gasteiger charge is -2.36. The van der Waals surface area contributed by atoms with Crippen LogP contribution in [0.4, 0.5) is 11.4 Å². The molecule has 0 saturated carbocycles. The lowest BCUT2D eigenvalue weighted by molar-refractivity contribution is 0.122. The van der Waals surface area contributed by atoms with E-state index in [-0.39, 0.29) is 0 Å². The van der Waals surface area contributed by atoms with Crippen LogP contribution in [0.3, 0.4) is 0 Å². The van der Waals surface area contributed by atoms with Crippen LogP contribution in [0, 0.1) is 0 Å². The molecule has 0 amide bonds. The summed E-state index contributed by atoms with van der Waals surface area (Å²) >= 11 is 0. The zero-order chi connectivity index (χ0) is 22.6. The van der Waals surface area contributed by atoms with Gasteiger partial charge in [0.05, 0.1) is 38.8 Å². The fourth-order valence-electron chi connectivity index (χ4n) is 4.12. The van der Waals surface area contributed by atoms with Crippen molar-refractivity contribution < 1.29 is 14.2 Å². The smallest absolute Gasteiger partial charge is 0.162 e. The van der Waals surface area contributed by atoms with E-state index in [0.29, 0.717) is 0 Å². The van der Waals surface area contributed by atoms with Crippen molar-refractivity contribution in [2.24, 2.45) is 0 Å². The fourth-order valence-corrected chi connectivity index (χ4v) is 4.12. The van der Waals surface area contributed by atoms with Gasteiger partial charge in [-0.3, -0.25) is 0 Å². The van der Waals surface area contributed by atoms with Crippen LogP contribution in [-0.2, 0) is 4.74 Å². The van der Waals surface area contributed by atoms with E-state index < -0.39 is 0 Å². The summed E-state index contributed by atoms with van der Waals surface area (Å²) < 4.78 is 17.0. The van der Waals surface area contributed by atoms with Crippen molar-refractivity contribution in [2.75, 3.05) is 103 Å². The lowest BCUT2D eigenvalue weighted by Crippen LogP contribution is -2.42. The van der Waals surface area contributed by atoms with Crippen LogP contribution >= 0.6 is 0 Å². The van der Waals surface area contributed by atoms with Crippen molar-refractivity contribution in [1.29, 1.82) is 0 Å². The third kappa shape index (κ3) is 7.16. The summed E-state index contributed by atoms with van der Waals surface area (Å²) in [5, 5.41) is 0. The number of morpholine rings is 1. The normalized spacial score (nSPS) is 14.4. The maximum Gasteiger partial charge on any atom is 0.162 e. The van der Waals surface area contributed by atoms with E-state index in [4.69, 9.17) is 14.2 Å².